The van der Waals surface area contributed by atoms with Gasteiger partial charge in [-0.3, -0.25) is 0 Å². The van der Waals surface area contributed by atoms with Gasteiger partial charge in [0.25, 0.3) is 0 Å². The number of hydrogen-bond donors (Lipinski definition) is 1. The van der Waals surface area contributed by atoms with Gasteiger partial charge in [-0.1, -0.05) is 11.2 Å². The van der Waals surface area contributed by atoms with Crippen molar-refractivity contribution in [3.63, 3.8) is 0 Å². The normalized spacial score (nSPS) is 11.5. The van der Waals surface area contributed by atoms with E-state index in [1.807, 2.05) is 0 Å². The summed E-state index contributed by atoms with van der Waals surface area (Å²) in [5, 5.41) is 11.8. The first-order chi connectivity index (χ1) is 10.0. The third-order valence-electron chi connectivity index (χ3n) is 2.86. The highest BCUT2D eigenvalue weighted by Gasteiger charge is 2.10. The van der Waals surface area contributed by atoms with Crippen LogP contribution in [0, 0.1) is 17.5 Å². The molecule has 0 radical (unpaired) electrons. The molecule has 0 saturated carbocycles. The zero-order valence-corrected chi connectivity index (χ0v) is 11.1. The lowest BCUT2D eigenvalue weighted by atomic mass is 10.1. The predicted molar refractivity (Wildman–Crippen MR) is 71.1 cm³/mol. The first-order valence-corrected chi connectivity index (χ1v) is 6.06. The van der Waals surface area contributed by atoms with Crippen LogP contribution in [0.25, 0.3) is 0 Å². The van der Waals surface area contributed by atoms with E-state index in [1.54, 1.807) is 0 Å². The van der Waals surface area contributed by atoms with E-state index in [0.717, 1.165) is 18.2 Å². The molecule has 110 valence electrons. The number of benzene rings is 2. The number of nitrogens with zero attached hydrogens (tertiary/aromatic N) is 1. The minimum absolute atomic E-state index is 0.0770. The number of oxime groups is 1. The van der Waals surface area contributed by atoms with Gasteiger partial charge in [0.2, 0.25) is 0 Å². The van der Waals surface area contributed by atoms with Gasteiger partial charge in [-0.25, -0.2) is 13.2 Å². The molecule has 0 spiro atoms. The van der Waals surface area contributed by atoms with Crippen molar-refractivity contribution in [3.8, 4) is 5.75 Å². The number of hydrogen-bond acceptors (Lipinski definition) is 3. The Morgan fingerprint density at radius 2 is 1.86 bits per heavy atom. The summed E-state index contributed by atoms with van der Waals surface area (Å²) in [4.78, 5) is 0. The van der Waals surface area contributed by atoms with Crippen LogP contribution in [0.4, 0.5) is 13.2 Å². The Bertz CT molecular complexity index is 687. The maximum absolute atomic E-state index is 13.3. The van der Waals surface area contributed by atoms with Crippen LogP contribution in [-0.2, 0) is 6.61 Å². The van der Waals surface area contributed by atoms with Crippen LogP contribution in [0.5, 0.6) is 5.75 Å². The molecule has 0 bridgehead atoms. The summed E-state index contributed by atoms with van der Waals surface area (Å²) in [5.41, 5.74) is 1.04. The molecule has 0 aliphatic rings. The average Bonchev–Trinajstić information content (AvgIpc) is 2.48. The van der Waals surface area contributed by atoms with Gasteiger partial charge in [0.05, 0.1) is 5.71 Å². The first kappa shape index (κ1) is 14.9. The van der Waals surface area contributed by atoms with Crippen LogP contribution in [0.3, 0.4) is 0 Å². The van der Waals surface area contributed by atoms with Gasteiger partial charge < -0.3 is 9.94 Å². The molecule has 1 N–H and O–H groups in total. The first-order valence-electron chi connectivity index (χ1n) is 6.06. The number of halogens is 3. The van der Waals surface area contributed by atoms with Crippen LogP contribution >= 0.6 is 0 Å². The van der Waals surface area contributed by atoms with Crippen molar-refractivity contribution in [3.05, 3.63) is 65.0 Å². The molecule has 3 nitrogen and oxygen atoms in total. The maximum atomic E-state index is 13.3. The van der Waals surface area contributed by atoms with Gasteiger partial charge in [0.15, 0.2) is 11.6 Å². The molecule has 0 heterocycles. The molecule has 0 aromatic heterocycles. The van der Waals surface area contributed by atoms with Crippen LogP contribution < -0.4 is 4.74 Å². The van der Waals surface area contributed by atoms with E-state index in [4.69, 9.17) is 9.94 Å². The smallest absolute Gasteiger partial charge is 0.159 e. The highest BCUT2D eigenvalue weighted by Crippen LogP contribution is 2.22. The maximum Gasteiger partial charge on any atom is 0.159 e. The molecule has 0 atom stereocenters. The van der Waals surface area contributed by atoms with Crippen molar-refractivity contribution >= 4 is 5.71 Å². The van der Waals surface area contributed by atoms with Crippen molar-refractivity contribution in [1.29, 1.82) is 0 Å². The number of rotatable bonds is 4. The molecule has 0 amide bonds. The minimum Gasteiger partial charge on any atom is -0.488 e. The fourth-order valence-corrected chi connectivity index (χ4v) is 1.76. The van der Waals surface area contributed by atoms with Crippen LogP contribution in [0.15, 0.2) is 41.6 Å². The lowest BCUT2D eigenvalue weighted by molar-refractivity contribution is 0.301. The Kier molecular flexibility index (Phi) is 4.47. The highest BCUT2D eigenvalue weighted by molar-refractivity contribution is 6.00. The van der Waals surface area contributed by atoms with Crippen LogP contribution in [-0.4, -0.2) is 10.9 Å². The van der Waals surface area contributed by atoms with E-state index in [2.05, 4.69) is 5.16 Å². The van der Waals surface area contributed by atoms with E-state index < -0.39 is 17.5 Å². The fourth-order valence-electron chi connectivity index (χ4n) is 1.76. The quantitative estimate of drug-likeness (QED) is 0.528. The third-order valence-corrected chi connectivity index (χ3v) is 2.86. The van der Waals surface area contributed by atoms with E-state index in [0.29, 0.717) is 11.1 Å². The number of ether oxygens (including phenoxy) is 1. The molecule has 2 aromatic carbocycles. The molecule has 2 rings (SSSR count). The van der Waals surface area contributed by atoms with Crippen LogP contribution in [0.2, 0.25) is 0 Å². The summed E-state index contributed by atoms with van der Waals surface area (Å²) in [5.74, 6) is -2.31. The van der Waals surface area contributed by atoms with E-state index in [1.165, 1.54) is 25.1 Å². The summed E-state index contributed by atoms with van der Waals surface area (Å²) >= 11 is 0. The van der Waals surface area contributed by atoms with E-state index >= 15 is 0 Å². The Labute approximate surface area is 119 Å². The predicted octanol–water partition coefficient (Wildman–Crippen LogP) is 3.88. The van der Waals surface area contributed by atoms with E-state index in [-0.39, 0.29) is 18.1 Å². The topological polar surface area (TPSA) is 41.8 Å². The standard InChI is InChI=1S/C15H12F3NO2/c1-9(19-20)12-4-3-11(16)7-15(12)21-8-10-2-5-13(17)14(18)6-10/h2-7,20H,8H2,1H3/b19-9-. The average molecular weight is 295 g/mol. The van der Waals surface area contributed by atoms with E-state index in [9.17, 15) is 13.2 Å². The third kappa shape index (κ3) is 3.53. The van der Waals surface area contributed by atoms with Crippen LogP contribution in [0.1, 0.15) is 18.1 Å². The molecule has 2 aromatic rings. The molecule has 0 unspecified atom stereocenters. The second-order valence-electron chi connectivity index (χ2n) is 4.36. The van der Waals surface area contributed by atoms with Gasteiger partial charge in [-0.05, 0) is 36.8 Å². The van der Waals surface area contributed by atoms with Crippen molar-refractivity contribution in [2.45, 2.75) is 13.5 Å². The summed E-state index contributed by atoms with van der Waals surface area (Å²) in [6.45, 7) is 1.45. The zero-order chi connectivity index (χ0) is 15.4. The summed E-state index contributed by atoms with van der Waals surface area (Å²) < 4.78 is 44.6. The van der Waals surface area contributed by atoms with Crippen molar-refractivity contribution in [2.24, 2.45) is 5.16 Å². The van der Waals surface area contributed by atoms with Gasteiger partial charge in [-0.15, -0.1) is 0 Å². The van der Waals surface area contributed by atoms with Gasteiger partial charge in [0, 0.05) is 11.6 Å². The Balaban J connectivity index is 2.22. The Hall–Kier alpha value is -2.50. The lowest BCUT2D eigenvalue weighted by Gasteiger charge is -2.11. The highest BCUT2D eigenvalue weighted by atomic mass is 19.2. The monoisotopic (exact) mass is 295 g/mol. The lowest BCUT2D eigenvalue weighted by Crippen LogP contribution is -2.03. The SMILES string of the molecule is C/C(=N/O)c1ccc(F)cc1OCc1ccc(F)c(F)c1. The largest absolute Gasteiger partial charge is 0.488 e. The molecular weight excluding hydrogens is 283 g/mol. The molecule has 21 heavy (non-hydrogen) atoms. The molecule has 0 fully saturated rings. The Morgan fingerprint density at radius 1 is 1.10 bits per heavy atom. The molecule has 0 aliphatic carbocycles. The fraction of sp³-hybridized carbons (Fsp3) is 0.133. The second kappa shape index (κ2) is 6.30. The van der Waals surface area contributed by atoms with Crippen molar-refractivity contribution in [2.75, 3.05) is 0 Å². The van der Waals surface area contributed by atoms with Gasteiger partial charge >= 0.3 is 0 Å². The summed E-state index contributed by atoms with van der Waals surface area (Å²) in [7, 11) is 0. The summed E-state index contributed by atoms with van der Waals surface area (Å²) in [6.07, 6.45) is 0. The molecule has 6 heteroatoms. The molecular formula is C15H12F3NO2. The zero-order valence-electron chi connectivity index (χ0n) is 11.1. The van der Waals surface area contributed by atoms with Crippen molar-refractivity contribution in [1.82, 2.24) is 0 Å². The summed E-state index contributed by atoms with van der Waals surface area (Å²) in [6, 6.07) is 7.09. The minimum atomic E-state index is -0.983. The van der Waals surface area contributed by atoms with Gasteiger partial charge in [-0.2, -0.15) is 0 Å². The van der Waals surface area contributed by atoms with Gasteiger partial charge in [0.1, 0.15) is 18.2 Å². The Morgan fingerprint density at radius 3 is 2.52 bits per heavy atom. The molecule has 0 aliphatic heterocycles. The second-order valence-corrected chi connectivity index (χ2v) is 4.36. The van der Waals surface area contributed by atoms with Crippen molar-refractivity contribution < 1.29 is 23.1 Å². The molecule has 0 saturated heterocycles.